The summed E-state index contributed by atoms with van der Waals surface area (Å²) in [6.45, 7) is 3.52. The van der Waals surface area contributed by atoms with Gasteiger partial charge in [-0.2, -0.15) is 5.10 Å². The molecule has 0 radical (unpaired) electrons. The summed E-state index contributed by atoms with van der Waals surface area (Å²) in [5.41, 5.74) is 1.10. The second kappa shape index (κ2) is 4.96. The Morgan fingerprint density at radius 3 is 3.20 bits per heavy atom. The lowest BCUT2D eigenvalue weighted by Crippen LogP contribution is -2.42. The second-order valence-corrected chi connectivity index (χ2v) is 4.17. The number of rotatable bonds is 3. The van der Waals surface area contributed by atoms with Gasteiger partial charge in [0.15, 0.2) is 0 Å². The molecule has 1 aromatic heterocycles. The molecule has 1 saturated heterocycles. The lowest BCUT2D eigenvalue weighted by molar-refractivity contribution is -0.0198. The van der Waals surface area contributed by atoms with Crippen molar-refractivity contribution in [2.75, 3.05) is 25.6 Å². The number of hydrogen-bond donors (Lipinski definition) is 0. The average molecular weight is 230 g/mol. The zero-order valence-electron chi connectivity index (χ0n) is 8.90. The SMILES string of the molecule is Cn1ccc(CN2CCOC(CCl)C2)n1. The molecular formula is C10H16ClN3O. The van der Waals surface area contributed by atoms with E-state index in [4.69, 9.17) is 16.3 Å². The van der Waals surface area contributed by atoms with E-state index < -0.39 is 0 Å². The number of halogens is 1. The first-order chi connectivity index (χ1) is 7.28. The third-order valence-electron chi connectivity index (χ3n) is 2.55. The Morgan fingerprint density at radius 2 is 2.53 bits per heavy atom. The molecule has 0 aromatic carbocycles. The first kappa shape index (κ1) is 10.9. The smallest absolute Gasteiger partial charge is 0.0837 e. The lowest BCUT2D eigenvalue weighted by atomic mass is 10.3. The first-order valence-corrected chi connectivity index (χ1v) is 5.70. The van der Waals surface area contributed by atoms with Crippen LogP contribution in [0.15, 0.2) is 12.3 Å². The van der Waals surface area contributed by atoms with Crippen LogP contribution in [0.5, 0.6) is 0 Å². The van der Waals surface area contributed by atoms with Gasteiger partial charge in [-0.3, -0.25) is 9.58 Å². The van der Waals surface area contributed by atoms with Gasteiger partial charge in [-0.15, -0.1) is 11.6 Å². The van der Waals surface area contributed by atoms with Crippen molar-refractivity contribution in [2.45, 2.75) is 12.6 Å². The number of morpholine rings is 1. The van der Waals surface area contributed by atoms with E-state index in [9.17, 15) is 0 Å². The molecule has 84 valence electrons. The van der Waals surface area contributed by atoms with Gasteiger partial charge in [0.1, 0.15) is 0 Å². The Labute approximate surface area is 94.8 Å². The molecule has 1 aliphatic heterocycles. The highest BCUT2D eigenvalue weighted by Crippen LogP contribution is 2.09. The zero-order valence-corrected chi connectivity index (χ0v) is 9.65. The molecule has 1 unspecified atom stereocenters. The van der Waals surface area contributed by atoms with Crippen molar-refractivity contribution in [1.29, 1.82) is 0 Å². The standard InChI is InChI=1S/C10H16ClN3O/c1-13-3-2-9(12-13)7-14-4-5-15-10(6-11)8-14/h2-3,10H,4-8H2,1H3. The van der Waals surface area contributed by atoms with E-state index in [0.29, 0.717) is 5.88 Å². The third-order valence-corrected chi connectivity index (χ3v) is 2.89. The molecule has 5 heteroatoms. The van der Waals surface area contributed by atoms with Crippen LogP contribution < -0.4 is 0 Å². The number of ether oxygens (including phenoxy) is 1. The minimum atomic E-state index is 0.170. The van der Waals surface area contributed by atoms with Gasteiger partial charge in [-0.05, 0) is 6.07 Å². The van der Waals surface area contributed by atoms with E-state index in [0.717, 1.165) is 31.9 Å². The highest BCUT2D eigenvalue weighted by Gasteiger charge is 2.19. The average Bonchev–Trinajstić information content (AvgIpc) is 2.64. The lowest BCUT2D eigenvalue weighted by Gasteiger charge is -2.31. The van der Waals surface area contributed by atoms with Crippen LogP contribution in [-0.2, 0) is 18.3 Å². The van der Waals surface area contributed by atoms with Crippen LogP contribution in [0.2, 0.25) is 0 Å². The number of nitrogens with zero attached hydrogens (tertiary/aromatic N) is 3. The third kappa shape index (κ3) is 2.93. The first-order valence-electron chi connectivity index (χ1n) is 5.16. The molecule has 1 aromatic rings. The molecule has 2 heterocycles. The second-order valence-electron chi connectivity index (χ2n) is 3.86. The van der Waals surface area contributed by atoms with Crippen LogP contribution in [0.1, 0.15) is 5.69 Å². The van der Waals surface area contributed by atoms with Gasteiger partial charge >= 0.3 is 0 Å². The topological polar surface area (TPSA) is 30.3 Å². The molecule has 4 nitrogen and oxygen atoms in total. The number of alkyl halides is 1. The molecule has 0 bridgehead atoms. The predicted molar refractivity (Wildman–Crippen MR) is 58.9 cm³/mol. The van der Waals surface area contributed by atoms with Gasteiger partial charge in [-0.1, -0.05) is 0 Å². The highest BCUT2D eigenvalue weighted by atomic mass is 35.5. The monoisotopic (exact) mass is 229 g/mol. The highest BCUT2D eigenvalue weighted by molar-refractivity contribution is 6.18. The fraction of sp³-hybridized carbons (Fsp3) is 0.700. The van der Waals surface area contributed by atoms with Crippen LogP contribution in [0.4, 0.5) is 0 Å². The van der Waals surface area contributed by atoms with Crippen LogP contribution in [0.25, 0.3) is 0 Å². The molecule has 15 heavy (non-hydrogen) atoms. The molecule has 1 aliphatic rings. The summed E-state index contributed by atoms with van der Waals surface area (Å²) in [5.74, 6) is 0.568. The van der Waals surface area contributed by atoms with Crippen molar-refractivity contribution < 1.29 is 4.74 Å². The van der Waals surface area contributed by atoms with Gasteiger partial charge in [0.2, 0.25) is 0 Å². The van der Waals surface area contributed by atoms with Gasteiger partial charge in [-0.25, -0.2) is 0 Å². The summed E-state index contributed by atoms with van der Waals surface area (Å²) in [6.07, 6.45) is 2.14. The fourth-order valence-corrected chi connectivity index (χ4v) is 1.98. The van der Waals surface area contributed by atoms with Gasteiger partial charge in [0, 0.05) is 38.8 Å². The fourth-order valence-electron chi connectivity index (χ4n) is 1.79. The molecule has 0 amide bonds. The summed E-state index contributed by atoms with van der Waals surface area (Å²) in [7, 11) is 1.93. The molecule has 0 spiro atoms. The van der Waals surface area contributed by atoms with E-state index in [1.54, 1.807) is 0 Å². The normalized spacial score (nSPS) is 23.2. The Morgan fingerprint density at radius 1 is 1.67 bits per heavy atom. The van der Waals surface area contributed by atoms with Crippen molar-refractivity contribution >= 4 is 11.6 Å². The van der Waals surface area contributed by atoms with Gasteiger partial charge in [0.25, 0.3) is 0 Å². The Balaban J connectivity index is 1.88. The van der Waals surface area contributed by atoms with Crippen LogP contribution in [0.3, 0.4) is 0 Å². The Kier molecular flexibility index (Phi) is 3.61. The predicted octanol–water partition coefficient (Wildman–Crippen LogP) is 0.860. The maximum atomic E-state index is 5.78. The summed E-state index contributed by atoms with van der Waals surface area (Å²) < 4.78 is 7.33. The maximum Gasteiger partial charge on any atom is 0.0837 e. The van der Waals surface area contributed by atoms with Gasteiger partial charge < -0.3 is 4.74 Å². The van der Waals surface area contributed by atoms with Crippen LogP contribution in [0, 0.1) is 0 Å². The number of aromatic nitrogens is 2. The summed E-state index contributed by atoms with van der Waals surface area (Å²) in [4.78, 5) is 2.33. The molecule has 1 atom stereocenters. The van der Waals surface area contributed by atoms with Crippen molar-refractivity contribution in [3.63, 3.8) is 0 Å². The number of hydrogen-bond acceptors (Lipinski definition) is 3. The molecule has 1 fully saturated rings. The largest absolute Gasteiger partial charge is 0.374 e. The van der Waals surface area contributed by atoms with E-state index in [2.05, 4.69) is 10.00 Å². The van der Waals surface area contributed by atoms with Crippen molar-refractivity contribution in [3.8, 4) is 0 Å². The van der Waals surface area contributed by atoms with Crippen LogP contribution >= 0.6 is 11.6 Å². The molecule has 2 rings (SSSR count). The van der Waals surface area contributed by atoms with E-state index >= 15 is 0 Å². The van der Waals surface area contributed by atoms with E-state index in [-0.39, 0.29) is 6.10 Å². The van der Waals surface area contributed by atoms with Crippen molar-refractivity contribution in [2.24, 2.45) is 7.05 Å². The minimum absolute atomic E-state index is 0.170. The van der Waals surface area contributed by atoms with Gasteiger partial charge in [0.05, 0.1) is 18.4 Å². The molecular weight excluding hydrogens is 214 g/mol. The summed E-state index contributed by atoms with van der Waals surface area (Å²) in [6, 6.07) is 2.05. The molecule has 0 saturated carbocycles. The summed E-state index contributed by atoms with van der Waals surface area (Å²) >= 11 is 5.78. The summed E-state index contributed by atoms with van der Waals surface area (Å²) in [5, 5.41) is 4.36. The van der Waals surface area contributed by atoms with Crippen molar-refractivity contribution in [1.82, 2.24) is 14.7 Å². The Hall–Kier alpha value is -0.580. The van der Waals surface area contributed by atoms with Crippen molar-refractivity contribution in [3.05, 3.63) is 18.0 Å². The molecule has 0 N–H and O–H groups in total. The maximum absolute atomic E-state index is 5.78. The Bertz CT molecular complexity index is 315. The number of aryl methyl sites for hydroxylation is 1. The molecule has 0 aliphatic carbocycles. The quantitative estimate of drug-likeness (QED) is 0.721. The van der Waals surface area contributed by atoms with E-state index in [1.165, 1.54) is 0 Å². The van der Waals surface area contributed by atoms with Crippen LogP contribution in [-0.4, -0.2) is 46.4 Å². The minimum Gasteiger partial charge on any atom is -0.374 e. The van der Waals surface area contributed by atoms with E-state index in [1.807, 2.05) is 24.0 Å². The zero-order chi connectivity index (χ0) is 10.7.